The Hall–Kier alpha value is -2.71. The van der Waals surface area contributed by atoms with E-state index in [1.807, 2.05) is 20.8 Å². The number of likely N-dealkylation sites (tertiary alicyclic amines) is 1. The van der Waals surface area contributed by atoms with Crippen LogP contribution in [0.15, 0.2) is 0 Å². The lowest BCUT2D eigenvalue weighted by Crippen LogP contribution is -2.58. The van der Waals surface area contributed by atoms with Crippen LogP contribution in [0.25, 0.3) is 0 Å². The molecule has 0 bridgehead atoms. The van der Waals surface area contributed by atoms with Crippen molar-refractivity contribution < 1.29 is 19.2 Å². The van der Waals surface area contributed by atoms with Crippen molar-refractivity contribution in [3.63, 3.8) is 0 Å². The molecule has 0 unspecified atom stereocenters. The number of aryl methyl sites for hydroxylation is 2. The minimum absolute atomic E-state index is 0.00712. The van der Waals surface area contributed by atoms with E-state index in [0.29, 0.717) is 50.3 Å². The van der Waals surface area contributed by atoms with Gasteiger partial charge in [-0.05, 0) is 39.5 Å². The molecule has 1 aromatic rings. The van der Waals surface area contributed by atoms with Crippen LogP contribution in [-0.2, 0) is 16.1 Å². The predicted molar refractivity (Wildman–Crippen MR) is 115 cm³/mol. The Bertz CT molecular complexity index is 911. The number of ketones is 1. The molecule has 1 spiro atoms. The van der Waals surface area contributed by atoms with Gasteiger partial charge in [0.25, 0.3) is 5.91 Å². The normalized spacial score (nSPS) is 18.6. The van der Waals surface area contributed by atoms with Crippen LogP contribution in [0.2, 0.25) is 0 Å². The Labute approximate surface area is 183 Å². The fraction of sp³-hybridized carbons (Fsp3) is 0.682. The van der Waals surface area contributed by atoms with E-state index < -0.39 is 5.54 Å². The van der Waals surface area contributed by atoms with Gasteiger partial charge in [-0.3, -0.25) is 24.0 Å². The highest BCUT2D eigenvalue weighted by atomic mass is 16.2. The number of carbonyl (C=O) groups is 4. The smallest absolute Gasteiger partial charge is 0.327 e. The molecule has 31 heavy (non-hydrogen) atoms. The van der Waals surface area contributed by atoms with Gasteiger partial charge in [0.05, 0.1) is 11.3 Å². The van der Waals surface area contributed by atoms with E-state index >= 15 is 0 Å². The number of likely N-dealkylation sites (N-methyl/N-ethyl adjacent to an activating group) is 1. The van der Waals surface area contributed by atoms with Gasteiger partial charge in [0.1, 0.15) is 5.54 Å². The Morgan fingerprint density at radius 2 is 1.74 bits per heavy atom. The Morgan fingerprint density at radius 3 is 2.26 bits per heavy atom. The molecule has 0 atom stereocenters. The van der Waals surface area contributed by atoms with E-state index in [4.69, 9.17) is 0 Å². The number of Topliss-reactive ketones (excluding diaryl/α,β-unsaturated/α-hetero) is 1. The molecule has 3 rings (SSSR count). The molecule has 1 aromatic heterocycles. The van der Waals surface area contributed by atoms with E-state index in [9.17, 15) is 19.2 Å². The van der Waals surface area contributed by atoms with E-state index in [0.717, 1.165) is 5.69 Å². The van der Waals surface area contributed by atoms with Crippen molar-refractivity contribution in [2.75, 3.05) is 26.7 Å². The molecule has 2 fully saturated rings. The molecule has 4 amide bonds. The maximum absolute atomic E-state index is 12.9. The molecule has 2 saturated heterocycles. The largest absolute Gasteiger partial charge is 0.342 e. The van der Waals surface area contributed by atoms with Gasteiger partial charge in [-0.2, -0.15) is 5.10 Å². The monoisotopic (exact) mass is 431 g/mol. The van der Waals surface area contributed by atoms with Gasteiger partial charge in [0, 0.05) is 45.3 Å². The lowest BCUT2D eigenvalue weighted by molar-refractivity contribution is -0.140. The minimum atomic E-state index is -0.834. The summed E-state index contributed by atoms with van der Waals surface area (Å²) in [7, 11) is 1.54. The van der Waals surface area contributed by atoms with Crippen molar-refractivity contribution >= 4 is 23.6 Å². The third-order valence-corrected chi connectivity index (χ3v) is 6.50. The quantitative estimate of drug-likeness (QED) is 0.507. The first-order valence-corrected chi connectivity index (χ1v) is 10.9. The molecule has 0 saturated carbocycles. The summed E-state index contributed by atoms with van der Waals surface area (Å²) in [5, 5.41) is 4.40. The maximum Gasteiger partial charge on any atom is 0.327 e. The second kappa shape index (κ2) is 8.43. The van der Waals surface area contributed by atoms with Gasteiger partial charge >= 0.3 is 6.03 Å². The van der Waals surface area contributed by atoms with Crippen molar-refractivity contribution in [3.8, 4) is 0 Å². The van der Waals surface area contributed by atoms with Crippen LogP contribution in [0.3, 0.4) is 0 Å². The van der Waals surface area contributed by atoms with Crippen molar-refractivity contribution in [2.45, 2.75) is 66.0 Å². The average Bonchev–Trinajstić information content (AvgIpc) is 3.08. The van der Waals surface area contributed by atoms with E-state index in [-0.39, 0.29) is 36.0 Å². The first-order valence-electron chi connectivity index (χ1n) is 10.9. The lowest BCUT2D eigenvalue weighted by Gasteiger charge is -2.42. The first-order chi connectivity index (χ1) is 14.5. The minimum Gasteiger partial charge on any atom is -0.342 e. The highest BCUT2D eigenvalue weighted by molar-refractivity contribution is 6.07. The summed E-state index contributed by atoms with van der Waals surface area (Å²) < 4.78 is 1.72. The van der Waals surface area contributed by atoms with Crippen LogP contribution in [-0.4, -0.2) is 80.3 Å². The van der Waals surface area contributed by atoms with Gasteiger partial charge in [-0.15, -0.1) is 0 Å². The third-order valence-electron chi connectivity index (χ3n) is 6.50. The lowest BCUT2D eigenvalue weighted by atomic mass is 9.85. The van der Waals surface area contributed by atoms with Gasteiger partial charge in [-0.25, -0.2) is 4.79 Å². The molecule has 2 aliphatic rings. The van der Waals surface area contributed by atoms with E-state index in [2.05, 4.69) is 5.10 Å². The standard InChI is InChI=1S/C22H33N5O4/c1-14(2)13-26-21(31)24(6)20(30)22(26)8-11-25(12-9-22)18(29)7-10-27-16(4)19(17(5)28)15(3)23-27/h14H,7-13H2,1-6H3. The zero-order valence-electron chi connectivity index (χ0n) is 19.4. The third kappa shape index (κ3) is 3.97. The van der Waals surface area contributed by atoms with E-state index in [1.165, 1.54) is 18.9 Å². The van der Waals surface area contributed by atoms with Crippen molar-refractivity contribution in [1.82, 2.24) is 24.5 Å². The highest BCUT2D eigenvalue weighted by Gasteiger charge is 2.57. The molecular weight excluding hydrogens is 398 g/mol. The molecule has 0 aromatic carbocycles. The van der Waals surface area contributed by atoms with Crippen molar-refractivity contribution in [1.29, 1.82) is 0 Å². The number of amides is 4. The molecule has 9 heteroatoms. The van der Waals surface area contributed by atoms with Gasteiger partial charge in [0.15, 0.2) is 5.78 Å². The highest BCUT2D eigenvalue weighted by Crippen LogP contribution is 2.37. The number of nitrogens with zero attached hydrogens (tertiary/aromatic N) is 5. The topological polar surface area (TPSA) is 95.8 Å². The Morgan fingerprint density at radius 1 is 1.13 bits per heavy atom. The summed E-state index contributed by atoms with van der Waals surface area (Å²) in [4.78, 5) is 54.9. The summed E-state index contributed by atoms with van der Waals surface area (Å²) in [6, 6.07) is -0.246. The molecule has 9 nitrogen and oxygen atoms in total. The van der Waals surface area contributed by atoms with Gasteiger partial charge < -0.3 is 9.80 Å². The maximum atomic E-state index is 12.9. The van der Waals surface area contributed by atoms with Crippen LogP contribution >= 0.6 is 0 Å². The zero-order valence-corrected chi connectivity index (χ0v) is 19.4. The fourth-order valence-corrected chi connectivity index (χ4v) is 4.89. The van der Waals surface area contributed by atoms with Crippen LogP contribution < -0.4 is 0 Å². The fourth-order valence-electron chi connectivity index (χ4n) is 4.89. The van der Waals surface area contributed by atoms with Gasteiger partial charge in [-0.1, -0.05) is 13.8 Å². The first kappa shape index (κ1) is 23.0. The molecule has 0 radical (unpaired) electrons. The summed E-state index contributed by atoms with van der Waals surface area (Å²) in [6.07, 6.45) is 1.18. The Balaban J connectivity index is 1.65. The van der Waals surface area contributed by atoms with Crippen molar-refractivity contribution in [3.05, 3.63) is 17.0 Å². The molecule has 170 valence electrons. The second-order valence-corrected chi connectivity index (χ2v) is 9.14. The zero-order chi connectivity index (χ0) is 23.1. The number of urea groups is 1. The molecule has 2 aliphatic heterocycles. The molecule has 0 N–H and O–H groups in total. The summed E-state index contributed by atoms with van der Waals surface area (Å²) in [5.74, 6) is 0.0537. The summed E-state index contributed by atoms with van der Waals surface area (Å²) in [5.41, 5.74) is 1.24. The molecule has 3 heterocycles. The SMILES string of the molecule is CC(=O)c1c(C)nn(CCC(=O)N2CCC3(CC2)C(=O)N(C)C(=O)N3CC(C)C)c1C. The summed E-state index contributed by atoms with van der Waals surface area (Å²) >= 11 is 0. The van der Waals surface area contributed by atoms with E-state index in [1.54, 1.807) is 21.4 Å². The van der Waals surface area contributed by atoms with Crippen LogP contribution in [0, 0.1) is 19.8 Å². The average molecular weight is 432 g/mol. The number of carbonyl (C=O) groups excluding carboxylic acids is 4. The van der Waals surface area contributed by atoms with Crippen LogP contribution in [0.4, 0.5) is 4.79 Å². The summed E-state index contributed by atoms with van der Waals surface area (Å²) in [6.45, 7) is 11.0. The van der Waals surface area contributed by atoms with Crippen LogP contribution in [0.1, 0.15) is 61.8 Å². The van der Waals surface area contributed by atoms with Gasteiger partial charge in [0.2, 0.25) is 5.91 Å². The molecular formula is C22H33N5O4. The number of imide groups is 1. The predicted octanol–water partition coefficient (Wildman–Crippen LogP) is 2.00. The number of aromatic nitrogens is 2. The van der Waals surface area contributed by atoms with Crippen molar-refractivity contribution in [2.24, 2.45) is 5.92 Å². The number of rotatable bonds is 6. The van der Waals surface area contributed by atoms with Crippen LogP contribution in [0.5, 0.6) is 0 Å². The molecule has 0 aliphatic carbocycles. The second-order valence-electron chi connectivity index (χ2n) is 9.14. The number of hydrogen-bond donors (Lipinski definition) is 0. The number of piperidine rings is 1. The Kier molecular flexibility index (Phi) is 6.25. The number of hydrogen-bond acceptors (Lipinski definition) is 5.